The van der Waals surface area contributed by atoms with Crippen molar-refractivity contribution < 1.29 is 13.2 Å². The molecule has 0 spiro atoms. The summed E-state index contributed by atoms with van der Waals surface area (Å²) < 4.78 is 28.1. The highest BCUT2D eigenvalue weighted by Gasteiger charge is 2.26. The minimum atomic E-state index is -4.00. The van der Waals surface area contributed by atoms with Crippen LogP contribution in [0.3, 0.4) is 0 Å². The highest BCUT2D eigenvalue weighted by atomic mass is 32.2. The largest absolute Gasteiger partial charge is 0.399 e. The lowest BCUT2D eigenvalue weighted by atomic mass is 9.93. The number of fused-ring (bicyclic) bond motifs is 1. The molecule has 0 atom stereocenters. The van der Waals surface area contributed by atoms with E-state index in [0.717, 1.165) is 20.7 Å². The van der Waals surface area contributed by atoms with E-state index in [0.29, 0.717) is 28.5 Å². The maximum atomic E-state index is 13.5. The number of nitrogen functional groups attached to an aromatic ring is 1. The van der Waals surface area contributed by atoms with Gasteiger partial charge in [0.2, 0.25) is 0 Å². The SMILES string of the molecule is Cc1ccc(S(=O)(=O)n2cc(C=O)c3c(-c4cccc(N)c4)c(-c4cccnc4)cnc32)cc1. The van der Waals surface area contributed by atoms with Crippen LogP contribution < -0.4 is 5.73 Å². The Hall–Kier alpha value is -4.30. The van der Waals surface area contributed by atoms with E-state index < -0.39 is 10.0 Å². The second kappa shape index (κ2) is 8.24. The number of hydrogen-bond donors (Lipinski definition) is 1. The van der Waals surface area contributed by atoms with Gasteiger partial charge in [0.15, 0.2) is 11.9 Å². The van der Waals surface area contributed by atoms with Crippen LogP contribution in [0.25, 0.3) is 33.3 Å². The molecule has 0 saturated carbocycles. The average molecular weight is 469 g/mol. The lowest BCUT2D eigenvalue weighted by Gasteiger charge is -2.13. The van der Waals surface area contributed by atoms with Gasteiger partial charge in [-0.15, -0.1) is 0 Å². The molecule has 0 amide bonds. The summed E-state index contributed by atoms with van der Waals surface area (Å²) in [6.45, 7) is 1.88. The summed E-state index contributed by atoms with van der Waals surface area (Å²) in [5.41, 5.74) is 10.8. The van der Waals surface area contributed by atoms with Gasteiger partial charge in [0.25, 0.3) is 10.0 Å². The molecule has 0 aliphatic rings. The lowest BCUT2D eigenvalue weighted by molar-refractivity contribution is 0.112. The highest BCUT2D eigenvalue weighted by molar-refractivity contribution is 7.90. The predicted molar refractivity (Wildman–Crippen MR) is 132 cm³/mol. The van der Waals surface area contributed by atoms with Crippen LogP contribution in [0.15, 0.2) is 90.3 Å². The molecule has 2 N–H and O–H groups in total. The van der Waals surface area contributed by atoms with Crippen molar-refractivity contribution in [2.45, 2.75) is 11.8 Å². The Morgan fingerprint density at radius 1 is 0.971 bits per heavy atom. The molecule has 0 fully saturated rings. The molecule has 7 nitrogen and oxygen atoms in total. The first-order chi connectivity index (χ1) is 16.4. The van der Waals surface area contributed by atoms with Crippen LogP contribution in [-0.4, -0.2) is 28.6 Å². The molecule has 0 saturated heterocycles. The molecule has 5 aromatic rings. The van der Waals surface area contributed by atoms with Gasteiger partial charge < -0.3 is 5.73 Å². The molecule has 3 aromatic heterocycles. The van der Waals surface area contributed by atoms with Crippen LogP contribution in [0.2, 0.25) is 0 Å². The van der Waals surface area contributed by atoms with Crippen LogP contribution in [0.5, 0.6) is 0 Å². The summed E-state index contributed by atoms with van der Waals surface area (Å²) in [6, 6.07) is 17.4. The van der Waals surface area contributed by atoms with Crippen molar-refractivity contribution in [3.8, 4) is 22.3 Å². The molecule has 8 heteroatoms. The molecule has 2 aromatic carbocycles. The molecule has 0 unspecified atom stereocenters. The van der Waals surface area contributed by atoms with Gasteiger partial charge in [-0.1, -0.05) is 35.9 Å². The number of rotatable bonds is 5. The molecular formula is C26H20N4O3S. The number of nitrogens with zero attached hydrogens (tertiary/aromatic N) is 3. The lowest BCUT2D eigenvalue weighted by Crippen LogP contribution is -2.12. The Bertz CT molecular complexity index is 1640. The van der Waals surface area contributed by atoms with Gasteiger partial charge in [-0.25, -0.2) is 17.4 Å². The predicted octanol–water partition coefficient (Wildman–Crippen LogP) is 4.71. The minimum absolute atomic E-state index is 0.107. The van der Waals surface area contributed by atoms with Crippen LogP contribution >= 0.6 is 0 Å². The topological polar surface area (TPSA) is 108 Å². The summed E-state index contributed by atoms with van der Waals surface area (Å²) >= 11 is 0. The normalized spacial score (nSPS) is 11.6. The Morgan fingerprint density at radius 2 is 1.74 bits per heavy atom. The van der Waals surface area contributed by atoms with Crippen molar-refractivity contribution in [1.29, 1.82) is 0 Å². The fourth-order valence-corrected chi connectivity index (χ4v) is 5.35. The summed E-state index contributed by atoms with van der Waals surface area (Å²) in [5.74, 6) is 0. The third-order valence-electron chi connectivity index (χ3n) is 5.67. The van der Waals surface area contributed by atoms with Gasteiger partial charge in [0, 0.05) is 58.1 Å². The van der Waals surface area contributed by atoms with E-state index in [4.69, 9.17) is 5.73 Å². The number of benzene rings is 2. The number of pyridine rings is 2. The Balaban J connectivity index is 1.88. The van der Waals surface area contributed by atoms with Crippen molar-refractivity contribution in [3.63, 3.8) is 0 Å². The van der Waals surface area contributed by atoms with Gasteiger partial charge in [-0.3, -0.25) is 9.78 Å². The third-order valence-corrected chi connectivity index (χ3v) is 7.33. The quantitative estimate of drug-likeness (QED) is 0.296. The fraction of sp³-hybridized carbons (Fsp3) is 0.0385. The van der Waals surface area contributed by atoms with Crippen LogP contribution in [0, 0.1) is 6.92 Å². The molecule has 0 aliphatic carbocycles. The van der Waals surface area contributed by atoms with Crippen molar-refractivity contribution >= 4 is 33.0 Å². The molecular weight excluding hydrogens is 448 g/mol. The summed E-state index contributed by atoms with van der Waals surface area (Å²) in [5, 5.41) is 0.428. The van der Waals surface area contributed by atoms with Crippen molar-refractivity contribution in [2.24, 2.45) is 0 Å². The standard InChI is InChI=1S/C26H20N4O3S/c1-17-7-9-22(10-8-17)34(32,33)30-15-20(16-31)25-24(18-4-2-6-21(27)12-18)23(14-29-26(25)30)19-5-3-11-28-13-19/h2-16H,27H2,1H3. The summed E-state index contributed by atoms with van der Waals surface area (Å²) in [4.78, 5) is 21.0. The number of anilines is 1. The van der Waals surface area contributed by atoms with Crippen molar-refractivity contribution in [2.75, 3.05) is 5.73 Å². The van der Waals surface area contributed by atoms with Gasteiger partial charge in [0.1, 0.15) is 0 Å². The van der Waals surface area contributed by atoms with E-state index in [1.165, 1.54) is 6.20 Å². The zero-order valence-corrected chi connectivity index (χ0v) is 19.0. The average Bonchev–Trinajstić information content (AvgIpc) is 3.24. The van der Waals surface area contributed by atoms with Crippen molar-refractivity contribution in [1.82, 2.24) is 13.9 Å². The molecule has 0 aliphatic heterocycles. The van der Waals surface area contributed by atoms with Crippen LogP contribution in [0.4, 0.5) is 5.69 Å². The molecule has 5 rings (SSSR count). The third kappa shape index (κ3) is 3.54. The van der Waals surface area contributed by atoms with Gasteiger partial charge >= 0.3 is 0 Å². The maximum absolute atomic E-state index is 13.5. The van der Waals surface area contributed by atoms with Crippen LogP contribution in [0.1, 0.15) is 15.9 Å². The second-order valence-corrected chi connectivity index (χ2v) is 9.74. The van der Waals surface area contributed by atoms with Gasteiger partial charge in [-0.2, -0.15) is 0 Å². The number of aromatic nitrogens is 3. The fourth-order valence-electron chi connectivity index (χ4n) is 4.03. The number of nitrogens with two attached hydrogens (primary N) is 1. The second-order valence-electron chi connectivity index (χ2n) is 7.93. The Labute approximate surface area is 196 Å². The van der Waals surface area contributed by atoms with E-state index >= 15 is 0 Å². The first kappa shape index (κ1) is 21.5. The minimum Gasteiger partial charge on any atom is -0.399 e. The Morgan fingerprint density at radius 3 is 2.41 bits per heavy atom. The molecule has 3 heterocycles. The van der Waals surface area contributed by atoms with Crippen LogP contribution in [-0.2, 0) is 10.0 Å². The molecule has 168 valence electrons. The van der Waals surface area contributed by atoms with E-state index in [9.17, 15) is 13.2 Å². The number of hydrogen-bond acceptors (Lipinski definition) is 6. The van der Waals surface area contributed by atoms with Gasteiger partial charge in [-0.05, 0) is 42.8 Å². The zero-order chi connectivity index (χ0) is 23.9. The van der Waals surface area contributed by atoms with E-state index in [1.54, 1.807) is 61.1 Å². The van der Waals surface area contributed by atoms with E-state index in [2.05, 4.69) is 9.97 Å². The maximum Gasteiger partial charge on any atom is 0.269 e. The van der Waals surface area contributed by atoms with E-state index in [1.807, 2.05) is 25.1 Å². The van der Waals surface area contributed by atoms with Gasteiger partial charge in [0.05, 0.1) is 4.90 Å². The molecule has 0 bridgehead atoms. The zero-order valence-electron chi connectivity index (χ0n) is 18.2. The van der Waals surface area contributed by atoms with Crippen molar-refractivity contribution in [3.05, 3.63) is 96.6 Å². The molecule has 0 radical (unpaired) electrons. The first-order valence-electron chi connectivity index (χ1n) is 10.5. The monoisotopic (exact) mass is 468 g/mol. The number of aldehydes is 1. The summed E-state index contributed by atoms with van der Waals surface area (Å²) in [6.07, 6.45) is 6.93. The van der Waals surface area contributed by atoms with E-state index in [-0.39, 0.29) is 16.1 Å². The highest BCUT2D eigenvalue weighted by Crippen LogP contribution is 2.40. The first-order valence-corrected chi connectivity index (χ1v) is 11.9. The number of carbonyl (C=O) groups excluding carboxylic acids is 1. The smallest absolute Gasteiger partial charge is 0.269 e. The number of aryl methyl sites for hydroxylation is 1. The molecule has 34 heavy (non-hydrogen) atoms. The summed E-state index contributed by atoms with van der Waals surface area (Å²) in [7, 11) is -4.00. The Kier molecular flexibility index (Phi) is 5.22. The number of carbonyl (C=O) groups is 1.